The number of hydrogen-bond donors (Lipinski definition) is 0. The molecule has 4 rings (SSSR count). The number of ketones is 1. The van der Waals surface area contributed by atoms with Crippen LogP contribution in [0.15, 0.2) is 72.0 Å². The molecule has 132 valence electrons. The normalized spacial score (nSPS) is 17.4. The Morgan fingerprint density at radius 2 is 1.81 bits per heavy atom. The van der Waals surface area contributed by atoms with Crippen molar-refractivity contribution < 1.29 is 17.9 Å². The summed E-state index contributed by atoms with van der Waals surface area (Å²) in [4.78, 5) is 12.0. The summed E-state index contributed by atoms with van der Waals surface area (Å²) in [5.74, 6) is -0.0422. The molecular formula is C20H17NO4S. The van der Waals surface area contributed by atoms with Crippen molar-refractivity contribution >= 4 is 26.7 Å². The molecule has 0 spiro atoms. The van der Waals surface area contributed by atoms with E-state index >= 15 is 0 Å². The Morgan fingerprint density at radius 3 is 2.54 bits per heavy atom. The van der Waals surface area contributed by atoms with E-state index in [0.29, 0.717) is 11.1 Å². The van der Waals surface area contributed by atoms with Crippen LogP contribution in [-0.2, 0) is 19.6 Å². The predicted molar refractivity (Wildman–Crippen MR) is 98.3 cm³/mol. The topological polar surface area (TPSA) is 65.4 Å². The van der Waals surface area contributed by atoms with Crippen molar-refractivity contribution in [1.29, 1.82) is 0 Å². The molecule has 5 nitrogen and oxygen atoms in total. The van der Waals surface area contributed by atoms with Gasteiger partial charge in [-0.2, -0.15) is 0 Å². The predicted octanol–water partition coefficient (Wildman–Crippen LogP) is 3.73. The van der Waals surface area contributed by atoms with E-state index in [-0.39, 0.29) is 17.1 Å². The van der Waals surface area contributed by atoms with E-state index in [2.05, 4.69) is 0 Å². The molecule has 1 aliphatic rings. The summed E-state index contributed by atoms with van der Waals surface area (Å²) in [5.41, 5.74) is 2.24. The third-order valence-electron chi connectivity index (χ3n) is 4.52. The summed E-state index contributed by atoms with van der Waals surface area (Å²) in [6.07, 6.45) is 4.02. The number of carbonyl (C=O) groups excluding carboxylic acids is 1. The molecule has 1 atom stereocenters. The summed E-state index contributed by atoms with van der Waals surface area (Å²) in [5, 5.41) is 0.760. The molecule has 0 aliphatic carbocycles. The van der Waals surface area contributed by atoms with E-state index < -0.39 is 16.1 Å². The average Bonchev–Trinajstić information content (AvgIpc) is 3.03. The van der Waals surface area contributed by atoms with Gasteiger partial charge in [0.2, 0.25) is 0 Å². The molecule has 0 amide bonds. The third kappa shape index (κ3) is 2.72. The highest BCUT2D eigenvalue weighted by atomic mass is 32.2. The second-order valence-electron chi connectivity index (χ2n) is 6.31. The number of nitrogens with zero attached hydrogens (tertiary/aromatic N) is 1. The molecule has 2 heterocycles. The quantitative estimate of drug-likeness (QED) is 0.707. The van der Waals surface area contributed by atoms with E-state index in [1.54, 1.807) is 42.6 Å². The first kappa shape index (κ1) is 16.6. The van der Waals surface area contributed by atoms with Gasteiger partial charge in [-0.05, 0) is 25.1 Å². The average molecular weight is 367 g/mol. The molecule has 0 bridgehead atoms. The van der Waals surface area contributed by atoms with E-state index in [1.165, 1.54) is 16.3 Å². The maximum atomic E-state index is 13.2. The summed E-state index contributed by atoms with van der Waals surface area (Å²) in [6, 6.07) is 14.0. The molecule has 1 aliphatic heterocycles. The molecule has 2 aromatic carbocycles. The number of rotatable bonds is 3. The minimum atomic E-state index is -3.76. The minimum Gasteiger partial charge on any atom is -0.493 e. The summed E-state index contributed by atoms with van der Waals surface area (Å²) in [7, 11) is -3.76. The van der Waals surface area contributed by atoms with Crippen LogP contribution >= 0.6 is 0 Å². The molecule has 6 heteroatoms. The van der Waals surface area contributed by atoms with Gasteiger partial charge in [-0.25, -0.2) is 12.4 Å². The Kier molecular flexibility index (Phi) is 3.92. The van der Waals surface area contributed by atoms with Crippen LogP contribution in [-0.4, -0.2) is 18.2 Å². The molecule has 26 heavy (non-hydrogen) atoms. The molecule has 0 N–H and O–H groups in total. The van der Waals surface area contributed by atoms with E-state index in [4.69, 9.17) is 4.74 Å². The minimum absolute atomic E-state index is 0.0422. The highest BCUT2D eigenvalue weighted by Gasteiger charge is 2.27. The number of allylic oxidation sites excluding steroid dienone is 1. The number of carbonyl (C=O) groups is 1. The van der Waals surface area contributed by atoms with Gasteiger partial charge in [0.25, 0.3) is 10.0 Å². The molecule has 0 saturated heterocycles. The van der Waals surface area contributed by atoms with E-state index in [1.807, 2.05) is 19.1 Å². The maximum absolute atomic E-state index is 13.2. The van der Waals surface area contributed by atoms with Crippen molar-refractivity contribution in [2.75, 3.05) is 0 Å². The van der Waals surface area contributed by atoms with Gasteiger partial charge in [0.05, 0.1) is 23.1 Å². The molecule has 1 unspecified atom stereocenters. The SMILES string of the molecule is Cc1ccc(S(=O)(=O)n2cc(C3CC(=O)C=CO3)c3ccccc32)cc1. The second kappa shape index (κ2) is 6.14. The number of fused-ring (bicyclic) bond motifs is 1. The number of aromatic nitrogens is 1. The number of hydrogen-bond acceptors (Lipinski definition) is 4. The second-order valence-corrected chi connectivity index (χ2v) is 8.13. The number of aryl methyl sites for hydroxylation is 1. The van der Waals surface area contributed by atoms with Crippen LogP contribution in [0.4, 0.5) is 0 Å². The Bertz CT molecular complexity index is 1120. The largest absolute Gasteiger partial charge is 0.493 e. The molecular weight excluding hydrogens is 350 g/mol. The summed E-state index contributed by atoms with van der Waals surface area (Å²) >= 11 is 0. The summed E-state index contributed by atoms with van der Waals surface area (Å²) in [6.45, 7) is 1.91. The van der Waals surface area contributed by atoms with Gasteiger partial charge in [0.15, 0.2) is 5.78 Å². The monoisotopic (exact) mass is 367 g/mol. The van der Waals surface area contributed by atoms with Crippen LogP contribution in [0.2, 0.25) is 0 Å². The Morgan fingerprint density at radius 1 is 1.08 bits per heavy atom. The van der Waals surface area contributed by atoms with Gasteiger partial charge in [-0.3, -0.25) is 4.79 Å². The summed E-state index contributed by atoms with van der Waals surface area (Å²) < 4.78 is 33.2. The smallest absolute Gasteiger partial charge is 0.268 e. The van der Waals surface area contributed by atoms with Crippen molar-refractivity contribution in [2.24, 2.45) is 0 Å². The lowest BCUT2D eigenvalue weighted by molar-refractivity contribution is -0.118. The van der Waals surface area contributed by atoms with Gasteiger partial charge < -0.3 is 4.74 Å². The van der Waals surface area contributed by atoms with Crippen molar-refractivity contribution in [3.05, 3.63) is 78.2 Å². The van der Waals surface area contributed by atoms with Crippen molar-refractivity contribution in [3.8, 4) is 0 Å². The first-order valence-electron chi connectivity index (χ1n) is 8.24. The molecule has 0 fully saturated rings. The van der Waals surface area contributed by atoms with Crippen LogP contribution in [0, 0.1) is 6.92 Å². The lowest BCUT2D eigenvalue weighted by atomic mass is 10.0. The lowest BCUT2D eigenvalue weighted by Gasteiger charge is -2.18. The fourth-order valence-electron chi connectivity index (χ4n) is 3.15. The molecule has 0 saturated carbocycles. The first-order chi connectivity index (χ1) is 12.5. The van der Waals surface area contributed by atoms with E-state index in [9.17, 15) is 13.2 Å². The zero-order chi connectivity index (χ0) is 18.3. The van der Waals surface area contributed by atoms with E-state index in [0.717, 1.165) is 10.9 Å². The fraction of sp³-hybridized carbons (Fsp3) is 0.150. The van der Waals surface area contributed by atoms with Gasteiger partial charge in [0.1, 0.15) is 6.10 Å². The first-order valence-corrected chi connectivity index (χ1v) is 9.68. The fourth-order valence-corrected chi connectivity index (χ4v) is 4.52. The van der Waals surface area contributed by atoms with Crippen molar-refractivity contribution in [2.45, 2.75) is 24.3 Å². The third-order valence-corrected chi connectivity index (χ3v) is 6.20. The van der Waals surface area contributed by atoms with Gasteiger partial charge in [-0.1, -0.05) is 35.9 Å². The van der Waals surface area contributed by atoms with Crippen molar-refractivity contribution in [1.82, 2.24) is 3.97 Å². The molecule has 3 aromatic rings. The zero-order valence-electron chi connectivity index (χ0n) is 14.1. The number of para-hydroxylation sites is 1. The maximum Gasteiger partial charge on any atom is 0.268 e. The number of ether oxygens (including phenoxy) is 1. The Balaban J connectivity index is 1.90. The van der Waals surface area contributed by atoms with Crippen LogP contribution in [0.1, 0.15) is 23.7 Å². The van der Waals surface area contributed by atoms with Crippen LogP contribution in [0.3, 0.4) is 0 Å². The molecule has 0 radical (unpaired) electrons. The molecule has 1 aromatic heterocycles. The van der Waals surface area contributed by atoms with Crippen molar-refractivity contribution in [3.63, 3.8) is 0 Å². The number of benzene rings is 2. The lowest BCUT2D eigenvalue weighted by Crippen LogP contribution is -2.13. The highest BCUT2D eigenvalue weighted by molar-refractivity contribution is 7.90. The van der Waals surface area contributed by atoms with Gasteiger partial charge >= 0.3 is 0 Å². The Hall–Kier alpha value is -2.86. The standard InChI is InChI=1S/C20H17NO4S/c1-14-6-8-16(9-7-14)26(23,24)21-13-18(17-4-2-3-5-19(17)21)20-12-15(22)10-11-25-20/h2-11,13,20H,12H2,1H3. The van der Waals surface area contributed by atoms with Crippen LogP contribution in [0.25, 0.3) is 10.9 Å². The van der Waals surface area contributed by atoms with Gasteiger partial charge in [0, 0.05) is 23.2 Å². The van der Waals surface area contributed by atoms with Gasteiger partial charge in [-0.15, -0.1) is 0 Å². The van der Waals surface area contributed by atoms with Crippen LogP contribution in [0.5, 0.6) is 0 Å². The Labute approximate surface area is 151 Å². The highest BCUT2D eigenvalue weighted by Crippen LogP contribution is 2.34. The zero-order valence-corrected chi connectivity index (χ0v) is 14.9. The van der Waals surface area contributed by atoms with Crippen LogP contribution < -0.4 is 0 Å².